The molecule has 0 saturated carbocycles. The van der Waals surface area contributed by atoms with Gasteiger partial charge in [-0.25, -0.2) is 0 Å². The highest BCUT2D eigenvalue weighted by Crippen LogP contribution is 2.43. The average molecular weight is 402 g/mol. The van der Waals surface area contributed by atoms with Crippen LogP contribution in [0.1, 0.15) is 11.1 Å². The number of para-hydroxylation sites is 1. The van der Waals surface area contributed by atoms with Gasteiger partial charge in [-0.3, -0.25) is 0 Å². The molecule has 0 heterocycles. The van der Waals surface area contributed by atoms with Crippen LogP contribution in [-0.4, -0.2) is 23.3 Å². The summed E-state index contributed by atoms with van der Waals surface area (Å²) >= 11 is 0. The highest BCUT2D eigenvalue weighted by atomic mass is 19.4. The molecule has 0 atom stereocenters. The minimum absolute atomic E-state index is 0.0313. The Balaban J connectivity index is 2.47. The first-order valence-electron chi connectivity index (χ1n) is 8.42. The smallest absolute Gasteiger partial charge is 0.416 e. The van der Waals surface area contributed by atoms with E-state index < -0.39 is 17.6 Å². The van der Waals surface area contributed by atoms with E-state index in [4.69, 9.17) is 10.5 Å². The number of oxime groups is 1. The second kappa shape index (κ2) is 7.75. The van der Waals surface area contributed by atoms with Gasteiger partial charge in [-0.15, -0.1) is 0 Å². The molecule has 0 radical (unpaired) electrons. The topological polar surface area (TPSA) is 88.1 Å². The van der Waals surface area contributed by atoms with Gasteiger partial charge in [-0.05, 0) is 41.5 Å². The quantitative estimate of drug-likeness (QED) is 0.252. The first-order chi connectivity index (χ1) is 13.8. The largest absolute Gasteiger partial charge is 0.508 e. The van der Waals surface area contributed by atoms with Crippen molar-refractivity contribution < 1.29 is 28.2 Å². The Hall–Kier alpha value is -3.68. The van der Waals surface area contributed by atoms with Crippen molar-refractivity contribution in [3.63, 3.8) is 0 Å². The lowest BCUT2D eigenvalue weighted by Crippen LogP contribution is -2.17. The van der Waals surface area contributed by atoms with E-state index in [0.29, 0.717) is 22.4 Å². The summed E-state index contributed by atoms with van der Waals surface area (Å²) in [5, 5.41) is 21.7. The lowest BCUT2D eigenvalue weighted by molar-refractivity contribution is -0.137. The Morgan fingerprint density at radius 3 is 2.24 bits per heavy atom. The molecule has 0 aliphatic rings. The van der Waals surface area contributed by atoms with E-state index in [0.717, 1.165) is 12.1 Å². The predicted octanol–water partition coefficient (Wildman–Crippen LogP) is 4.85. The Labute approximate surface area is 164 Å². The van der Waals surface area contributed by atoms with Crippen LogP contribution in [-0.2, 0) is 6.18 Å². The number of aromatic hydroxyl groups is 1. The number of methoxy groups -OCH3 is 1. The van der Waals surface area contributed by atoms with Gasteiger partial charge in [0.05, 0.1) is 12.7 Å². The molecule has 0 saturated heterocycles. The fourth-order valence-electron chi connectivity index (χ4n) is 3.07. The molecule has 3 aromatic carbocycles. The van der Waals surface area contributed by atoms with Crippen molar-refractivity contribution in [3.05, 3.63) is 71.8 Å². The molecular weight excluding hydrogens is 385 g/mol. The summed E-state index contributed by atoms with van der Waals surface area (Å²) in [6.45, 7) is 0. The van der Waals surface area contributed by atoms with Crippen molar-refractivity contribution in [2.45, 2.75) is 6.18 Å². The molecule has 0 fully saturated rings. The van der Waals surface area contributed by atoms with Crippen molar-refractivity contribution in [2.75, 3.05) is 7.11 Å². The maximum absolute atomic E-state index is 13.6. The van der Waals surface area contributed by atoms with E-state index in [9.17, 15) is 23.5 Å². The molecule has 29 heavy (non-hydrogen) atoms. The van der Waals surface area contributed by atoms with Gasteiger partial charge in [0.2, 0.25) is 0 Å². The summed E-state index contributed by atoms with van der Waals surface area (Å²) in [5.41, 5.74) is 6.06. The third-order valence-electron chi connectivity index (χ3n) is 4.40. The van der Waals surface area contributed by atoms with Crippen LogP contribution in [0.25, 0.3) is 22.3 Å². The van der Waals surface area contributed by atoms with Gasteiger partial charge in [0.15, 0.2) is 5.84 Å². The maximum atomic E-state index is 13.6. The minimum atomic E-state index is -4.66. The van der Waals surface area contributed by atoms with Crippen LogP contribution in [0.5, 0.6) is 11.5 Å². The van der Waals surface area contributed by atoms with E-state index >= 15 is 0 Å². The van der Waals surface area contributed by atoms with E-state index in [1.807, 2.05) is 0 Å². The van der Waals surface area contributed by atoms with Gasteiger partial charge in [-0.1, -0.05) is 35.5 Å². The molecule has 0 bridgehead atoms. The van der Waals surface area contributed by atoms with E-state index in [-0.39, 0.29) is 16.9 Å². The number of phenolic OH excluding ortho intramolecular Hbond substituents is 1. The minimum Gasteiger partial charge on any atom is -0.508 e. The van der Waals surface area contributed by atoms with Crippen molar-refractivity contribution in [2.24, 2.45) is 10.9 Å². The molecule has 5 nitrogen and oxygen atoms in total. The average Bonchev–Trinajstić information content (AvgIpc) is 2.72. The second-order valence-electron chi connectivity index (χ2n) is 6.18. The van der Waals surface area contributed by atoms with E-state index in [1.165, 1.54) is 31.4 Å². The zero-order valence-electron chi connectivity index (χ0n) is 15.2. The summed E-state index contributed by atoms with van der Waals surface area (Å²) in [7, 11) is 1.44. The van der Waals surface area contributed by atoms with Crippen LogP contribution >= 0.6 is 0 Å². The Morgan fingerprint density at radius 1 is 1.00 bits per heavy atom. The Morgan fingerprint density at radius 2 is 1.66 bits per heavy atom. The molecule has 0 unspecified atom stereocenters. The zero-order chi connectivity index (χ0) is 21.2. The maximum Gasteiger partial charge on any atom is 0.416 e. The SMILES string of the molecule is COc1ccccc1-c1c(/C(N)=N/O)cc(C(F)(F)F)cc1-c1ccc(O)cc1. The van der Waals surface area contributed by atoms with E-state index in [1.54, 1.807) is 24.3 Å². The second-order valence-corrected chi connectivity index (χ2v) is 6.18. The molecule has 0 aromatic heterocycles. The lowest BCUT2D eigenvalue weighted by atomic mass is 9.87. The number of benzene rings is 3. The number of ether oxygens (including phenoxy) is 1. The number of amidine groups is 1. The van der Waals surface area contributed by atoms with Crippen LogP contribution in [0.15, 0.2) is 65.8 Å². The van der Waals surface area contributed by atoms with Crippen molar-refractivity contribution in [3.8, 4) is 33.8 Å². The van der Waals surface area contributed by atoms with Gasteiger partial charge in [0.1, 0.15) is 11.5 Å². The fourth-order valence-corrected chi connectivity index (χ4v) is 3.07. The number of alkyl halides is 3. The number of nitrogens with zero attached hydrogens (tertiary/aromatic N) is 1. The van der Waals surface area contributed by atoms with Gasteiger partial charge in [0.25, 0.3) is 0 Å². The summed E-state index contributed by atoms with van der Waals surface area (Å²) in [6.07, 6.45) is -4.66. The Bertz CT molecular complexity index is 1060. The molecule has 3 aromatic rings. The first kappa shape index (κ1) is 20.1. The van der Waals surface area contributed by atoms with Crippen LogP contribution in [0.4, 0.5) is 13.2 Å². The molecule has 0 spiro atoms. The third kappa shape index (κ3) is 3.96. The molecule has 0 aliphatic heterocycles. The van der Waals surface area contributed by atoms with Gasteiger partial charge >= 0.3 is 6.18 Å². The summed E-state index contributed by atoms with van der Waals surface area (Å²) < 4.78 is 46.1. The molecule has 3 rings (SSSR count). The highest BCUT2D eigenvalue weighted by molar-refractivity contribution is 6.07. The van der Waals surface area contributed by atoms with Gasteiger partial charge in [-0.2, -0.15) is 13.2 Å². The number of halogens is 3. The van der Waals surface area contributed by atoms with Crippen LogP contribution in [0.3, 0.4) is 0 Å². The molecule has 4 N–H and O–H groups in total. The predicted molar refractivity (Wildman–Crippen MR) is 103 cm³/mol. The van der Waals surface area contributed by atoms with Crippen molar-refractivity contribution in [1.29, 1.82) is 0 Å². The fraction of sp³-hybridized carbons (Fsp3) is 0.0952. The van der Waals surface area contributed by atoms with Gasteiger partial charge < -0.3 is 20.8 Å². The molecule has 150 valence electrons. The molecule has 0 amide bonds. The van der Waals surface area contributed by atoms with Gasteiger partial charge in [0, 0.05) is 16.7 Å². The highest BCUT2D eigenvalue weighted by Gasteiger charge is 2.33. The van der Waals surface area contributed by atoms with Crippen LogP contribution in [0.2, 0.25) is 0 Å². The zero-order valence-corrected chi connectivity index (χ0v) is 15.2. The monoisotopic (exact) mass is 402 g/mol. The number of rotatable bonds is 4. The van der Waals surface area contributed by atoms with Crippen LogP contribution in [0, 0.1) is 0 Å². The number of hydrogen-bond donors (Lipinski definition) is 3. The molecular formula is C21H17F3N2O3. The molecule has 8 heteroatoms. The molecule has 0 aliphatic carbocycles. The number of phenols is 1. The lowest BCUT2D eigenvalue weighted by Gasteiger charge is -2.20. The van der Waals surface area contributed by atoms with Crippen molar-refractivity contribution >= 4 is 5.84 Å². The van der Waals surface area contributed by atoms with Crippen LogP contribution < -0.4 is 10.5 Å². The van der Waals surface area contributed by atoms with Crippen molar-refractivity contribution in [1.82, 2.24) is 0 Å². The third-order valence-corrected chi connectivity index (χ3v) is 4.40. The summed E-state index contributed by atoms with van der Waals surface area (Å²) in [6, 6.07) is 14.3. The van der Waals surface area contributed by atoms with E-state index in [2.05, 4.69) is 5.16 Å². The summed E-state index contributed by atoms with van der Waals surface area (Å²) in [5.74, 6) is -0.104. The first-order valence-corrected chi connectivity index (χ1v) is 8.42. The Kier molecular flexibility index (Phi) is 5.36. The number of hydrogen-bond acceptors (Lipinski definition) is 4. The summed E-state index contributed by atoms with van der Waals surface area (Å²) in [4.78, 5) is 0. The standard InChI is InChI=1S/C21H17F3N2O3/c1-29-18-5-3-2-4-15(18)19-16(12-6-8-14(27)9-7-12)10-13(21(22,23)24)11-17(19)20(25)26-28/h2-11,27-28H,1H3,(H2,25,26). The normalized spacial score (nSPS) is 12.1. The number of nitrogens with two attached hydrogens (primary N) is 1.